The van der Waals surface area contributed by atoms with Crippen molar-refractivity contribution >= 4 is 12.2 Å². The second-order valence-electron chi connectivity index (χ2n) is 3.90. The van der Waals surface area contributed by atoms with E-state index in [0.29, 0.717) is 11.5 Å². The van der Waals surface area contributed by atoms with Gasteiger partial charge < -0.3 is 0 Å². The third kappa shape index (κ3) is 3.35. The van der Waals surface area contributed by atoms with Crippen LogP contribution < -0.4 is 5.43 Å². The fourth-order valence-corrected chi connectivity index (χ4v) is 1.53. The van der Waals surface area contributed by atoms with E-state index in [1.54, 1.807) is 12.1 Å². The van der Waals surface area contributed by atoms with E-state index >= 15 is 0 Å². The van der Waals surface area contributed by atoms with Crippen molar-refractivity contribution in [1.29, 1.82) is 0 Å². The number of anilines is 1. The van der Waals surface area contributed by atoms with E-state index in [4.69, 9.17) is 0 Å². The summed E-state index contributed by atoms with van der Waals surface area (Å²) in [6.45, 7) is 3.77. The Kier molecular flexibility index (Phi) is 3.62. The summed E-state index contributed by atoms with van der Waals surface area (Å²) >= 11 is 0. The third-order valence-corrected chi connectivity index (χ3v) is 2.21. The van der Waals surface area contributed by atoms with E-state index in [9.17, 15) is 4.39 Å². The fraction of sp³-hybridized carbons (Fsp3) is 0.154. The van der Waals surface area contributed by atoms with Crippen LogP contribution in [0.25, 0.3) is 0 Å². The largest absolute Gasteiger partial charge is 0.245 e. The molecule has 92 valence electrons. The van der Waals surface area contributed by atoms with Crippen LogP contribution in [0.1, 0.15) is 17.0 Å². The lowest BCUT2D eigenvalue weighted by Crippen LogP contribution is -1.99. The maximum atomic E-state index is 12.9. The average molecular weight is 244 g/mol. The molecule has 1 aromatic heterocycles. The molecule has 0 atom stereocenters. The van der Waals surface area contributed by atoms with E-state index in [1.165, 1.54) is 18.3 Å². The van der Waals surface area contributed by atoms with Crippen molar-refractivity contribution in [2.45, 2.75) is 13.8 Å². The summed E-state index contributed by atoms with van der Waals surface area (Å²) in [6, 6.07) is 8.05. The summed E-state index contributed by atoms with van der Waals surface area (Å²) in [5.74, 6) is 0.141. The number of rotatable bonds is 3. The molecule has 2 aromatic rings. The van der Waals surface area contributed by atoms with Gasteiger partial charge in [-0.1, -0.05) is 12.1 Å². The normalized spacial score (nSPS) is 10.8. The summed E-state index contributed by atoms with van der Waals surface area (Å²) < 4.78 is 12.9. The summed E-state index contributed by atoms with van der Waals surface area (Å²) in [5, 5.41) is 3.97. The molecule has 2 rings (SSSR count). The molecule has 0 saturated heterocycles. The molecular weight excluding hydrogens is 231 g/mol. The van der Waals surface area contributed by atoms with E-state index < -0.39 is 0 Å². The molecule has 0 spiro atoms. The minimum absolute atomic E-state index is 0.290. The molecule has 0 bridgehead atoms. The van der Waals surface area contributed by atoms with Crippen LogP contribution in [-0.4, -0.2) is 16.2 Å². The maximum Gasteiger partial charge on any atom is 0.243 e. The Morgan fingerprint density at radius 1 is 1.17 bits per heavy atom. The maximum absolute atomic E-state index is 12.9. The van der Waals surface area contributed by atoms with Crippen LogP contribution in [0.4, 0.5) is 10.3 Å². The Balaban J connectivity index is 2.07. The molecule has 0 fully saturated rings. The van der Waals surface area contributed by atoms with Crippen LogP contribution in [0.5, 0.6) is 0 Å². The highest BCUT2D eigenvalue weighted by molar-refractivity contribution is 5.79. The van der Waals surface area contributed by atoms with Crippen LogP contribution in [0, 0.1) is 19.7 Å². The first-order chi connectivity index (χ1) is 8.63. The molecule has 0 aliphatic carbocycles. The first-order valence-corrected chi connectivity index (χ1v) is 5.50. The number of nitrogens with zero attached hydrogens (tertiary/aromatic N) is 3. The van der Waals surface area contributed by atoms with Crippen LogP contribution in [0.2, 0.25) is 0 Å². The number of nitrogens with one attached hydrogen (secondary N) is 1. The second kappa shape index (κ2) is 5.35. The topological polar surface area (TPSA) is 50.2 Å². The van der Waals surface area contributed by atoms with Crippen molar-refractivity contribution in [2.24, 2.45) is 5.10 Å². The highest BCUT2D eigenvalue weighted by Gasteiger charge is 1.97. The van der Waals surface area contributed by atoms with E-state index in [-0.39, 0.29) is 5.82 Å². The number of benzene rings is 1. The zero-order valence-corrected chi connectivity index (χ0v) is 10.2. The van der Waals surface area contributed by atoms with Gasteiger partial charge in [0.1, 0.15) is 5.82 Å². The highest BCUT2D eigenvalue weighted by atomic mass is 19.1. The zero-order valence-electron chi connectivity index (χ0n) is 10.2. The molecule has 0 amide bonds. The van der Waals surface area contributed by atoms with Gasteiger partial charge in [-0.15, -0.1) is 0 Å². The van der Waals surface area contributed by atoms with Crippen molar-refractivity contribution in [2.75, 3.05) is 5.43 Å². The lowest BCUT2D eigenvalue weighted by molar-refractivity contribution is 0.627. The minimum atomic E-state index is -0.290. The third-order valence-electron chi connectivity index (χ3n) is 2.21. The molecule has 5 heteroatoms. The predicted molar refractivity (Wildman–Crippen MR) is 69.1 cm³/mol. The molecule has 0 unspecified atom stereocenters. The van der Waals surface area contributed by atoms with Gasteiger partial charge in [0.05, 0.1) is 6.21 Å². The molecule has 0 radical (unpaired) electrons. The van der Waals surface area contributed by atoms with Crippen LogP contribution in [0.15, 0.2) is 35.4 Å². The lowest BCUT2D eigenvalue weighted by Gasteiger charge is -2.01. The van der Waals surface area contributed by atoms with E-state index in [2.05, 4.69) is 20.5 Å². The predicted octanol–water partition coefficient (Wildman–Crippen LogP) is 2.68. The minimum Gasteiger partial charge on any atom is -0.245 e. The summed E-state index contributed by atoms with van der Waals surface area (Å²) in [6.07, 6.45) is 1.52. The second-order valence-corrected chi connectivity index (χ2v) is 3.90. The Morgan fingerprint density at radius 2 is 1.89 bits per heavy atom. The Labute approximate surface area is 105 Å². The van der Waals surface area contributed by atoms with Gasteiger partial charge in [-0.2, -0.15) is 5.10 Å². The van der Waals surface area contributed by atoms with Crippen LogP contribution >= 0.6 is 0 Å². The average Bonchev–Trinajstić information content (AvgIpc) is 2.27. The fourth-order valence-electron chi connectivity index (χ4n) is 1.53. The quantitative estimate of drug-likeness (QED) is 0.667. The number of hydrazone groups is 1. The van der Waals surface area contributed by atoms with Crippen molar-refractivity contribution in [1.82, 2.24) is 9.97 Å². The number of halogens is 1. The number of hydrogen-bond acceptors (Lipinski definition) is 4. The smallest absolute Gasteiger partial charge is 0.243 e. The standard InChI is InChI=1S/C13H13FN4/c1-9-6-10(2)17-13(16-9)18-15-8-11-4-3-5-12(14)7-11/h3-8H,1-2H3,(H,16,17,18)/b15-8+. The van der Waals surface area contributed by atoms with E-state index in [1.807, 2.05) is 19.9 Å². The number of hydrogen-bond donors (Lipinski definition) is 1. The van der Waals surface area contributed by atoms with Gasteiger partial charge in [-0.3, -0.25) is 0 Å². The summed E-state index contributed by atoms with van der Waals surface area (Å²) in [5.41, 5.74) is 5.13. The van der Waals surface area contributed by atoms with Gasteiger partial charge in [-0.05, 0) is 37.6 Å². The number of aryl methyl sites for hydroxylation is 2. The molecule has 0 saturated carbocycles. The Bertz CT molecular complexity index is 561. The molecule has 1 aromatic carbocycles. The molecule has 1 N–H and O–H groups in total. The molecule has 18 heavy (non-hydrogen) atoms. The summed E-state index contributed by atoms with van der Waals surface area (Å²) in [4.78, 5) is 8.35. The molecular formula is C13H13FN4. The van der Waals surface area contributed by atoms with Crippen LogP contribution in [-0.2, 0) is 0 Å². The molecule has 1 heterocycles. The van der Waals surface area contributed by atoms with Gasteiger partial charge in [-0.25, -0.2) is 19.8 Å². The van der Waals surface area contributed by atoms with Crippen molar-refractivity contribution in [3.63, 3.8) is 0 Å². The van der Waals surface area contributed by atoms with Gasteiger partial charge >= 0.3 is 0 Å². The van der Waals surface area contributed by atoms with Gasteiger partial charge in [0.15, 0.2) is 0 Å². The SMILES string of the molecule is Cc1cc(C)nc(N/N=C/c2cccc(F)c2)n1. The molecule has 0 aliphatic heterocycles. The van der Waals surface area contributed by atoms with Crippen molar-refractivity contribution < 1.29 is 4.39 Å². The molecule has 4 nitrogen and oxygen atoms in total. The Hall–Kier alpha value is -2.30. The first-order valence-electron chi connectivity index (χ1n) is 5.50. The lowest BCUT2D eigenvalue weighted by atomic mass is 10.2. The Morgan fingerprint density at radius 3 is 2.56 bits per heavy atom. The summed E-state index contributed by atoms with van der Waals surface area (Å²) in [7, 11) is 0. The van der Waals surface area contributed by atoms with Crippen LogP contribution in [0.3, 0.4) is 0 Å². The number of aromatic nitrogens is 2. The monoisotopic (exact) mass is 244 g/mol. The van der Waals surface area contributed by atoms with Crippen molar-refractivity contribution in [3.8, 4) is 0 Å². The first kappa shape index (κ1) is 12.2. The zero-order chi connectivity index (χ0) is 13.0. The van der Waals surface area contributed by atoms with Gasteiger partial charge in [0.2, 0.25) is 5.95 Å². The van der Waals surface area contributed by atoms with Gasteiger partial charge in [0, 0.05) is 11.4 Å². The van der Waals surface area contributed by atoms with Crippen molar-refractivity contribution in [3.05, 3.63) is 53.1 Å². The molecule has 0 aliphatic rings. The van der Waals surface area contributed by atoms with Gasteiger partial charge in [0.25, 0.3) is 0 Å². The highest BCUT2D eigenvalue weighted by Crippen LogP contribution is 2.04. The van der Waals surface area contributed by atoms with E-state index in [0.717, 1.165) is 11.4 Å².